The molecular weight excluding hydrogens is 170 g/mol. The van der Waals surface area contributed by atoms with Crippen LogP contribution in [0.3, 0.4) is 0 Å². The van der Waals surface area contributed by atoms with Gasteiger partial charge in [-0.15, -0.1) is 0 Å². The van der Waals surface area contributed by atoms with Gasteiger partial charge >= 0.3 is 0 Å². The van der Waals surface area contributed by atoms with Crippen LogP contribution in [0, 0.1) is 0 Å². The van der Waals surface area contributed by atoms with Gasteiger partial charge in [0.05, 0.1) is 0 Å². The molecule has 14 heavy (non-hydrogen) atoms. The standard InChI is InChI=1S/C11H17N.C2H6/c1-8(2)10-5-6-12-11(7-10)9(3)4;1-2/h5-9H,1-4H3;1-2H3. The molecule has 0 unspecified atom stereocenters. The molecule has 1 nitrogen and oxygen atoms in total. The Bertz CT molecular complexity index is 228. The molecule has 1 rings (SSSR count). The van der Waals surface area contributed by atoms with Gasteiger partial charge in [-0.25, -0.2) is 0 Å². The summed E-state index contributed by atoms with van der Waals surface area (Å²) in [5.74, 6) is 1.13. The molecule has 80 valence electrons. The molecule has 0 spiro atoms. The third kappa shape index (κ3) is 3.91. The number of hydrogen-bond acceptors (Lipinski definition) is 1. The summed E-state index contributed by atoms with van der Waals surface area (Å²) in [6, 6.07) is 4.30. The van der Waals surface area contributed by atoms with E-state index in [9.17, 15) is 0 Å². The van der Waals surface area contributed by atoms with Crippen LogP contribution in [0.5, 0.6) is 0 Å². The van der Waals surface area contributed by atoms with Crippen molar-refractivity contribution in [1.82, 2.24) is 4.98 Å². The van der Waals surface area contributed by atoms with Crippen molar-refractivity contribution in [1.29, 1.82) is 0 Å². The van der Waals surface area contributed by atoms with Gasteiger partial charge in [0.25, 0.3) is 0 Å². The average Bonchev–Trinajstić information content (AvgIpc) is 2.21. The lowest BCUT2D eigenvalue weighted by atomic mass is 10.0. The Kier molecular flexibility index (Phi) is 6.18. The first-order valence-electron chi connectivity index (χ1n) is 5.57. The molecule has 0 fully saturated rings. The zero-order valence-electron chi connectivity index (χ0n) is 10.3. The van der Waals surface area contributed by atoms with Crippen molar-refractivity contribution < 1.29 is 0 Å². The van der Waals surface area contributed by atoms with Gasteiger partial charge in [0.2, 0.25) is 0 Å². The Hall–Kier alpha value is -0.850. The summed E-state index contributed by atoms with van der Waals surface area (Å²) in [6.45, 7) is 12.8. The summed E-state index contributed by atoms with van der Waals surface area (Å²) >= 11 is 0. The van der Waals surface area contributed by atoms with E-state index in [2.05, 4.69) is 44.8 Å². The second-order valence-corrected chi connectivity index (χ2v) is 3.82. The molecule has 0 aliphatic carbocycles. The van der Waals surface area contributed by atoms with Crippen LogP contribution in [0.25, 0.3) is 0 Å². The van der Waals surface area contributed by atoms with E-state index in [1.54, 1.807) is 0 Å². The molecule has 0 saturated carbocycles. The number of hydrogen-bond donors (Lipinski definition) is 0. The molecule has 0 atom stereocenters. The second kappa shape index (κ2) is 6.58. The number of aromatic nitrogens is 1. The van der Waals surface area contributed by atoms with Crippen LogP contribution >= 0.6 is 0 Å². The largest absolute Gasteiger partial charge is 0.261 e. The van der Waals surface area contributed by atoms with Gasteiger partial charge < -0.3 is 0 Å². The Morgan fingerprint density at radius 3 is 2.00 bits per heavy atom. The van der Waals surface area contributed by atoms with Gasteiger partial charge in [0.1, 0.15) is 0 Å². The van der Waals surface area contributed by atoms with Crippen molar-refractivity contribution >= 4 is 0 Å². The van der Waals surface area contributed by atoms with Crippen molar-refractivity contribution in [3.63, 3.8) is 0 Å². The van der Waals surface area contributed by atoms with Crippen molar-refractivity contribution in [2.24, 2.45) is 0 Å². The summed E-state index contributed by atoms with van der Waals surface area (Å²) in [5.41, 5.74) is 2.58. The monoisotopic (exact) mass is 193 g/mol. The number of rotatable bonds is 2. The van der Waals surface area contributed by atoms with E-state index in [0.29, 0.717) is 11.8 Å². The summed E-state index contributed by atoms with van der Waals surface area (Å²) < 4.78 is 0. The third-order valence-corrected chi connectivity index (χ3v) is 2.06. The van der Waals surface area contributed by atoms with E-state index in [1.807, 2.05) is 20.0 Å². The Morgan fingerprint density at radius 2 is 1.57 bits per heavy atom. The lowest BCUT2D eigenvalue weighted by molar-refractivity contribution is 0.799. The maximum atomic E-state index is 4.32. The van der Waals surface area contributed by atoms with Crippen LogP contribution in [-0.4, -0.2) is 4.98 Å². The Balaban J connectivity index is 0.000000791. The molecule has 0 radical (unpaired) electrons. The maximum Gasteiger partial charge on any atom is 0.0431 e. The molecule has 0 saturated heterocycles. The van der Waals surface area contributed by atoms with Crippen LogP contribution < -0.4 is 0 Å². The van der Waals surface area contributed by atoms with Gasteiger partial charge in [-0.1, -0.05) is 41.5 Å². The average molecular weight is 193 g/mol. The lowest BCUT2D eigenvalue weighted by Gasteiger charge is -2.08. The molecule has 0 amide bonds. The van der Waals surface area contributed by atoms with E-state index in [-0.39, 0.29) is 0 Å². The highest BCUT2D eigenvalue weighted by molar-refractivity contribution is 5.21. The molecule has 1 aromatic heterocycles. The topological polar surface area (TPSA) is 12.9 Å². The molecule has 0 aliphatic rings. The molecule has 1 heteroatoms. The highest BCUT2D eigenvalue weighted by Gasteiger charge is 2.03. The predicted molar refractivity (Wildman–Crippen MR) is 63.8 cm³/mol. The molecule has 0 bridgehead atoms. The fourth-order valence-electron chi connectivity index (χ4n) is 1.14. The van der Waals surface area contributed by atoms with Crippen LogP contribution in [0.4, 0.5) is 0 Å². The summed E-state index contributed by atoms with van der Waals surface area (Å²) in [4.78, 5) is 4.32. The number of pyridine rings is 1. The van der Waals surface area contributed by atoms with Crippen LogP contribution in [0.1, 0.15) is 64.6 Å². The van der Waals surface area contributed by atoms with Crippen molar-refractivity contribution in [2.75, 3.05) is 0 Å². The van der Waals surface area contributed by atoms with Gasteiger partial charge in [-0.3, -0.25) is 4.98 Å². The quantitative estimate of drug-likeness (QED) is 0.680. The predicted octanol–water partition coefficient (Wildman–Crippen LogP) is 4.35. The minimum atomic E-state index is 0.531. The summed E-state index contributed by atoms with van der Waals surface area (Å²) in [7, 11) is 0. The van der Waals surface area contributed by atoms with E-state index >= 15 is 0 Å². The van der Waals surface area contributed by atoms with Crippen molar-refractivity contribution in [3.05, 3.63) is 29.6 Å². The van der Waals surface area contributed by atoms with Crippen molar-refractivity contribution in [2.45, 2.75) is 53.4 Å². The molecule has 0 aliphatic heterocycles. The van der Waals surface area contributed by atoms with Gasteiger partial charge in [0, 0.05) is 11.9 Å². The minimum Gasteiger partial charge on any atom is -0.261 e. The normalized spacial score (nSPS) is 10.0. The first-order valence-corrected chi connectivity index (χ1v) is 5.57. The zero-order chi connectivity index (χ0) is 11.1. The Labute approximate surface area is 88.6 Å². The van der Waals surface area contributed by atoms with Gasteiger partial charge in [-0.2, -0.15) is 0 Å². The zero-order valence-corrected chi connectivity index (χ0v) is 10.3. The van der Waals surface area contributed by atoms with Gasteiger partial charge in [-0.05, 0) is 29.5 Å². The highest BCUT2D eigenvalue weighted by Crippen LogP contribution is 2.18. The summed E-state index contributed by atoms with van der Waals surface area (Å²) in [5, 5.41) is 0. The third-order valence-electron chi connectivity index (χ3n) is 2.06. The lowest BCUT2D eigenvalue weighted by Crippen LogP contribution is -1.95. The van der Waals surface area contributed by atoms with Gasteiger partial charge in [0.15, 0.2) is 0 Å². The minimum absolute atomic E-state index is 0.531. The molecule has 0 N–H and O–H groups in total. The summed E-state index contributed by atoms with van der Waals surface area (Å²) in [6.07, 6.45) is 1.91. The van der Waals surface area contributed by atoms with Crippen LogP contribution in [0.15, 0.2) is 18.3 Å². The van der Waals surface area contributed by atoms with E-state index in [1.165, 1.54) is 11.3 Å². The van der Waals surface area contributed by atoms with E-state index in [4.69, 9.17) is 0 Å². The fraction of sp³-hybridized carbons (Fsp3) is 0.615. The van der Waals surface area contributed by atoms with Crippen molar-refractivity contribution in [3.8, 4) is 0 Å². The van der Waals surface area contributed by atoms with Crippen LogP contribution in [-0.2, 0) is 0 Å². The number of nitrogens with zero attached hydrogens (tertiary/aromatic N) is 1. The maximum absolute atomic E-state index is 4.32. The van der Waals surface area contributed by atoms with E-state index < -0.39 is 0 Å². The fourth-order valence-corrected chi connectivity index (χ4v) is 1.14. The first-order chi connectivity index (χ1) is 6.61. The second-order valence-electron chi connectivity index (χ2n) is 3.82. The first kappa shape index (κ1) is 13.2. The van der Waals surface area contributed by atoms with E-state index in [0.717, 1.165) is 0 Å². The SMILES string of the molecule is CC.CC(C)c1ccnc(C(C)C)c1. The smallest absolute Gasteiger partial charge is 0.0431 e. The molecule has 1 heterocycles. The Morgan fingerprint density at radius 1 is 1.00 bits per heavy atom. The molecule has 0 aromatic carbocycles. The highest BCUT2D eigenvalue weighted by atomic mass is 14.7. The van der Waals surface area contributed by atoms with Crippen LogP contribution in [0.2, 0.25) is 0 Å². The molecule has 1 aromatic rings. The molecular formula is C13H23N.